The van der Waals surface area contributed by atoms with Crippen molar-refractivity contribution >= 4 is 5.91 Å². The molecule has 21 heavy (non-hydrogen) atoms. The van der Waals surface area contributed by atoms with E-state index in [0.717, 1.165) is 38.0 Å². The van der Waals surface area contributed by atoms with Gasteiger partial charge >= 0.3 is 0 Å². The molecule has 1 unspecified atom stereocenters. The Hall–Kier alpha value is -1.55. The quantitative estimate of drug-likeness (QED) is 0.774. The second-order valence-electron chi connectivity index (χ2n) is 5.56. The van der Waals surface area contributed by atoms with Crippen LogP contribution in [0.25, 0.3) is 0 Å². The summed E-state index contributed by atoms with van der Waals surface area (Å²) in [6.45, 7) is 11.4. The first-order valence-electron chi connectivity index (χ1n) is 7.80. The number of aromatic hydroxyl groups is 1. The smallest absolute Gasteiger partial charge is 0.255 e. The Morgan fingerprint density at radius 2 is 2.00 bits per heavy atom. The van der Waals surface area contributed by atoms with Crippen LogP contribution in [-0.2, 0) is 0 Å². The Kier molecular flexibility index (Phi) is 7.23. The molecule has 4 nitrogen and oxygen atoms in total. The molecule has 1 aromatic carbocycles. The summed E-state index contributed by atoms with van der Waals surface area (Å²) in [5, 5.41) is 12.7. The van der Waals surface area contributed by atoms with Gasteiger partial charge in [0, 0.05) is 6.04 Å². The van der Waals surface area contributed by atoms with Gasteiger partial charge in [-0.05, 0) is 58.5 Å². The first-order chi connectivity index (χ1) is 9.97. The molecule has 0 bridgehead atoms. The predicted octanol–water partition coefficient (Wildman–Crippen LogP) is 2.94. The van der Waals surface area contributed by atoms with E-state index in [4.69, 9.17) is 0 Å². The van der Waals surface area contributed by atoms with Gasteiger partial charge in [0.05, 0.1) is 5.56 Å². The summed E-state index contributed by atoms with van der Waals surface area (Å²) in [5.74, 6) is -0.167. The minimum atomic E-state index is -0.202. The number of rotatable bonds is 8. The first kappa shape index (κ1) is 17.5. The third-order valence-electron chi connectivity index (χ3n) is 3.78. The molecule has 2 N–H and O–H groups in total. The van der Waals surface area contributed by atoms with Gasteiger partial charge in [0.15, 0.2) is 0 Å². The molecule has 0 radical (unpaired) electrons. The van der Waals surface area contributed by atoms with Gasteiger partial charge in [0.1, 0.15) is 5.75 Å². The number of phenolic OH excluding ortho intramolecular Hbond substituents is 1. The summed E-state index contributed by atoms with van der Waals surface area (Å²) in [5.41, 5.74) is 1.32. The predicted molar refractivity (Wildman–Crippen MR) is 86.8 cm³/mol. The lowest BCUT2D eigenvalue weighted by atomic mass is 10.1. The highest BCUT2D eigenvalue weighted by Gasteiger charge is 2.14. The third kappa shape index (κ3) is 5.76. The van der Waals surface area contributed by atoms with E-state index in [0.29, 0.717) is 5.56 Å². The number of hydrogen-bond acceptors (Lipinski definition) is 3. The molecule has 0 fully saturated rings. The van der Waals surface area contributed by atoms with E-state index in [2.05, 4.69) is 24.1 Å². The fourth-order valence-electron chi connectivity index (χ4n) is 2.37. The maximum Gasteiger partial charge on any atom is 0.255 e. The van der Waals surface area contributed by atoms with E-state index in [9.17, 15) is 9.90 Å². The van der Waals surface area contributed by atoms with Gasteiger partial charge in [-0.3, -0.25) is 4.79 Å². The SMILES string of the molecule is CCN(CC)CCCC(C)NC(=O)c1cc(C)ccc1O. The van der Waals surface area contributed by atoms with E-state index in [1.54, 1.807) is 18.2 Å². The molecule has 0 saturated heterocycles. The molecule has 118 valence electrons. The molecule has 0 aliphatic heterocycles. The van der Waals surface area contributed by atoms with Crippen LogP contribution in [0.4, 0.5) is 0 Å². The van der Waals surface area contributed by atoms with Crippen LogP contribution < -0.4 is 5.32 Å². The molecule has 1 aromatic rings. The van der Waals surface area contributed by atoms with Crippen molar-refractivity contribution in [2.24, 2.45) is 0 Å². The molecule has 1 amide bonds. The van der Waals surface area contributed by atoms with Gasteiger partial charge in [-0.2, -0.15) is 0 Å². The highest BCUT2D eigenvalue weighted by Crippen LogP contribution is 2.18. The average molecular weight is 292 g/mol. The normalized spacial score (nSPS) is 12.4. The summed E-state index contributed by atoms with van der Waals surface area (Å²) in [6.07, 6.45) is 2.00. The lowest BCUT2D eigenvalue weighted by Gasteiger charge is -2.20. The van der Waals surface area contributed by atoms with Crippen molar-refractivity contribution < 1.29 is 9.90 Å². The number of benzene rings is 1. The van der Waals surface area contributed by atoms with E-state index < -0.39 is 0 Å². The van der Waals surface area contributed by atoms with Crippen LogP contribution in [0.1, 0.15) is 49.5 Å². The third-order valence-corrected chi connectivity index (χ3v) is 3.78. The van der Waals surface area contributed by atoms with Crippen LogP contribution in [-0.4, -0.2) is 41.6 Å². The molecule has 0 heterocycles. The summed E-state index contributed by atoms with van der Waals surface area (Å²) >= 11 is 0. The molecule has 1 rings (SSSR count). The second kappa shape index (κ2) is 8.67. The standard InChI is InChI=1S/C17H28N2O2/c1-5-19(6-2)11-7-8-14(4)18-17(21)15-12-13(3)9-10-16(15)20/h9-10,12,14,20H,5-8,11H2,1-4H3,(H,18,21). The summed E-state index contributed by atoms with van der Waals surface area (Å²) in [4.78, 5) is 14.5. The monoisotopic (exact) mass is 292 g/mol. The van der Waals surface area contributed by atoms with Crippen LogP contribution >= 0.6 is 0 Å². The van der Waals surface area contributed by atoms with Crippen molar-refractivity contribution in [1.82, 2.24) is 10.2 Å². The first-order valence-corrected chi connectivity index (χ1v) is 7.80. The van der Waals surface area contributed by atoms with E-state index in [1.807, 2.05) is 13.8 Å². The zero-order chi connectivity index (χ0) is 15.8. The van der Waals surface area contributed by atoms with Gasteiger partial charge < -0.3 is 15.3 Å². The number of amides is 1. The number of carbonyl (C=O) groups excluding carboxylic acids is 1. The lowest BCUT2D eigenvalue weighted by molar-refractivity contribution is 0.0934. The van der Waals surface area contributed by atoms with E-state index in [-0.39, 0.29) is 17.7 Å². The second-order valence-corrected chi connectivity index (χ2v) is 5.56. The number of nitrogens with zero attached hydrogens (tertiary/aromatic N) is 1. The van der Waals surface area contributed by atoms with Crippen molar-refractivity contribution in [3.05, 3.63) is 29.3 Å². The Bertz CT molecular complexity index is 456. The maximum absolute atomic E-state index is 12.2. The number of hydrogen-bond donors (Lipinski definition) is 2. The topological polar surface area (TPSA) is 52.6 Å². The van der Waals surface area contributed by atoms with E-state index >= 15 is 0 Å². The average Bonchev–Trinajstić information content (AvgIpc) is 2.46. The van der Waals surface area contributed by atoms with Crippen molar-refractivity contribution in [1.29, 1.82) is 0 Å². The molecule has 0 aliphatic carbocycles. The van der Waals surface area contributed by atoms with Gasteiger partial charge in [-0.25, -0.2) is 0 Å². The molecule has 0 aromatic heterocycles. The van der Waals surface area contributed by atoms with Crippen LogP contribution in [0.2, 0.25) is 0 Å². The Morgan fingerprint density at radius 1 is 1.33 bits per heavy atom. The number of nitrogens with one attached hydrogen (secondary N) is 1. The van der Waals surface area contributed by atoms with E-state index in [1.165, 1.54) is 0 Å². The Labute approximate surface area is 128 Å². The zero-order valence-corrected chi connectivity index (χ0v) is 13.6. The molecule has 0 aliphatic rings. The van der Waals surface area contributed by atoms with Gasteiger partial charge in [-0.1, -0.05) is 25.5 Å². The highest BCUT2D eigenvalue weighted by molar-refractivity contribution is 5.97. The number of phenols is 1. The molecular formula is C17H28N2O2. The molecule has 0 saturated carbocycles. The lowest BCUT2D eigenvalue weighted by Crippen LogP contribution is -2.33. The fourth-order valence-corrected chi connectivity index (χ4v) is 2.37. The molecule has 1 atom stereocenters. The van der Waals surface area contributed by atoms with Crippen LogP contribution in [0.15, 0.2) is 18.2 Å². The largest absolute Gasteiger partial charge is 0.507 e. The summed E-state index contributed by atoms with van der Waals surface area (Å²) < 4.78 is 0. The van der Waals surface area contributed by atoms with Crippen LogP contribution in [0, 0.1) is 6.92 Å². The minimum absolute atomic E-state index is 0.0356. The molecular weight excluding hydrogens is 264 g/mol. The van der Waals surface area contributed by atoms with Crippen molar-refractivity contribution in [3.8, 4) is 5.75 Å². The highest BCUT2D eigenvalue weighted by atomic mass is 16.3. The van der Waals surface area contributed by atoms with Crippen molar-refractivity contribution in [3.63, 3.8) is 0 Å². The molecule has 4 heteroatoms. The van der Waals surface area contributed by atoms with Gasteiger partial charge in [-0.15, -0.1) is 0 Å². The minimum Gasteiger partial charge on any atom is -0.507 e. The maximum atomic E-state index is 12.2. The van der Waals surface area contributed by atoms with Gasteiger partial charge in [0.2, 0.25) is 0 Å². The van der Waals surface area contributed by atoms with Crippen molar-refractivity contribution in [2.45, 2.75) is 46.6 Å². The van der Waals surface area contributed by atoms with Gasteiger partial charge in [0.25, 0.3) is 5.91 Å². The zero-order valence-electron chi connectivity index (χ0n) is 13.6. The fraction of sp³-hybridized carbons (Fsp3) is 0.588. The van der Waals surface area contributed by atoms with Crippen molar-refractivity contribution in [2.75, 3.05) is 19.6 Å². The molecule has 0 spiro atoms. The number of aryl methyl sites for hydroxylation is 1. The summed E-state index contributed by atoms with van der Waals surface area (Å²) in [6, 6.07) is 5.18. The summed E-state index contributed by atoms with van der Waals surface area (Å²) in [7, 11) is 0. The Balaban J connectivity index is 2.45. The number of carbonyl (C=O) groups is 1. The Morgan fingerprint density at radius 3 is 2.62 bits per heavy atom. The van der Waals surface area contributed by atoms with Crippen LogP contribution in [0.3, 0.4) is 0 Å². The van der Waals surface area contributed by atoms with Crippen LogP contribution in [0.5, 0.6) is 5.75 Å².